The minimum absolute atomic E-state index is 0.0257. The Kier molecular flexibility index (Phi) is 3.42. The van der Waals surface area contributed by atoms with Gasteiger partial charge < -0.3 is 16.2 Å². The minimum atomic E-state index is -0.544. The summed E-state index contributed by atoms with van der Waals surface area (Å²) in [6.07, 6.45) is 5.86. The lowest BCUT2D eigenvalue weighted by Gasteiger charge is -2.36. The van der Waals surface area contributed by atoms with Crippen LogP contribution in [0, 0.1) is 5.82 Å². The molecule has 2 rings (SSSR count). The highest BCUT2D eigenvalue weighted by Gasteiger charge is 2.32. The van der Waals surface area contributed by atoms with Gasteiger partial charge in [-0.25, -0.2) is 9.37 Å². The number of halogens is 1. The molecule has 17 heavy (non-hydrogen) atoms. The molecule has 1 aromatic heterocycles. The molecule has 1 aliphatic rings. The molecule has 6 heteroatoms. The molecular weight excluding hydrogens is 223 g/mol. The molecule has 0 unspecified atom stereocenters. The number of nitrogens with one attached hydrogen (secondary N) is 1. The van der Waals surface area contributed by atoms with Gasteiger partial charge in [-0.15, -0.1) is 0 Å². The first-order chi connectivity index (χ1) is 8.15. The topological polar surface area (TPSA) is 84.1 Å². The monoisotopic (exact) mass is 240 g/mol. The Labute approximate surface area is 99.3 Å². The van der Waals surface area contributed by atoms with Crippen LogP contribution in [-0.4, -0.2) is 27.2 Å². The van der Waals surface area contributed by atoms with Crippen LogP contribution >= 0.6 is 0 Å². The molecule has 0 amide bonds. The number of aromatic nitrogens is 2. The van der Waals surface area contributed by atoms with Crippen molar-refractivity contribution in [3.63, 3.8) is 0 Å². The molecular formula is C11H17FN4O. The Balaban J connectivity index is 2.20. The average molecular weight is 240 g/mol. The summed E-state index contributed by atoms with van der Waals surface area (Å²) in [4.78, 5) is 7.40. The molecule has 94 valence electrons. The number of rotatable bonds is 3. The lowest BCUT2D eigenvalue weighted by atomic mass is 9.82. The molecule has 5 nitrogen and oxygen atoms in total. The second kappa shape index (κ2) is 4.83. The lowest BCUT2D eigenvalue weighted by molar-refractivity contribution is 0.172. The highest BCUT2D eigenvalue weighted by molar-refractivity contribution is 5.42. The standard InChI is InChI=1S/C11H17FN4O/c12-8-6-14-10(13)15-9(8)16-11(7-17)4-2-1-3-5-11/h6,17H,1-5,7H2,(H3,13,14,15,16). The zero-order valence-electron chi connectivity index (χ0n) is 9.62. The van der Waals surface area contributed by atoms with Crippen molar-refractivity contribution < 1.29 is 9.50 Å². The van der Waals surface area contributed by atoms with Gasteiger partial charge in [0, 0.05) is 0 Å². The third-order valence-electron chi connectivity index (χ3n) is 3.26. The zero-order chi connectivity index (χ0) is 12.3. The van der Waals surface area contributed by atoms with Crippen LogP contribution in [-0.2, 0) is 0 Å². The molecule has 0 aliphatic heterocycles. The Morgan fingerprint density at radius 3 is 2.76 bits per heavy atom. The number of aliphatic hydroxyl groups is 1. The number of nitrogen functional groups attached to an aromatic ring is 1. The van der Waals surface area contributed by atoms with Gasteiger partial charge in [0.15, 0.2) is 11.6 Å². The summed E-state index contributed by atoms with van der Waals surface area (Å²) in [7, 11) is 0. The van der Waals surface area contributed by atoms with Gasteiger partial charge in [0.2, 0.25) is 5.95 Å². The van der Waals surface area contributed by atoms with E-state index < -0.39 is 11.4 Å². The molecule has 4 N–H and O–H groups in total. The van der Waals surface area contributed by atoms with Gasteiger partial charge >= 0.3 is 0 Å². The number of anilines is 2. The summed E-state index contributed by atoms with van der Waals surface area (Å²) in [6, 6.07) is 0. The number of aliphatic hydroxyl groups excluding tert-OH is 1. The van der Waals surface area contributed by atoms with Crippen LogP contribution in [0.2, 0.25) is 0 Å². The molecule has 1 fully saturated rings. The molecule has 0 spiro atoms. The maximum absolute atomic E-state index is 13.5. The largest absolute Gasteiger partial charge is 0.394 e. The molecule has 1 aromatic rings. The Morgan fingerprint density at radius 1 is 1.41 bits per heavy atom. The van der Waals surface area contributed by atoms with E-state index in [-0.39, 0.29) is 18.4 Å². The summed E-state index contributed by atoms with van der Waals surface area (Å²) >= 11 is 0. The maximum atomic E-state index is 13.5. The SMILES string of the molecule is Nc1ncc(F)c(NC2(CO)CCCCC2)n1. The Hall–Kier alpha value is -1.43. The van der Waals surface area contributed by atoms with Gasteiger partial charge in [-0.3, -0.25) is 0 Å². The Morgan fingerprint density at radius 2 is 2.12 bits per heavy atom. The van der Waals surface area contributed by atoms with Gasteiger partial charge in [-0.2, -0.15) is 4.98 Å². The van der Waals surface area contributed by atoms with Gasteiger partial charge in [-0.05, 0) is 12.8 Å². The fraction of sp³-hybridized carbons (Fsp3) is 0.636. The van der Waals surface area contributed by atoms with Crippen LogP contribution in [0.15, 0.2) is 6.20 Å². The highest BCUT2D eigenvalue weighted by atomic mass is 19.1. The fourth-order valence-corrected chi connectivity index (χ4v) is 2.27. The van der Waals surface area contributed by atoms with Crippen LogP contribution in [0.5, 0.6) is 0 Å². The third-order valence-corrected chi connectivity index (χ3v) is 3.26. The summed E-state index contributed by atoms with van der Waals surface area (Å²) in [6.45, 7) is -0.0314. The molecule has 0 bridgehead atoms. The fourth-order valence-electron chi connectivity index (χ4n) is 2.27. The number of nitrogens with zero attached hydrogens (tertiary/aromatic N) is 2. The average Bonchev–Trinajstić information content (AvgIpc) is 2.35. The first-order valence-corrected chi connectivity index (χ1v) is 5.82. The van der Waals surface area contributed by atoms with Crippen LogP contribution in [0.4, 0.5) is 16.2 Å². The van der Waals surface area contributed by atoms with Gasteiger partial charge in [0.05, 0.1) is 18.3 Å². The molecule has 1 saturated carbocycles. The molecule has 0 aromatic carbocycles. The van der Waals surface area contributed by atoms with Gasteiger partial charge in [-0.1, -0.05) is 19.3 Å². The van der Waals surface area contributed by atoms with Crippen LogP contribution < -0.4 is 11.1 Å². The van der Waals surface area contributed by atoms with E-state index in [1.54, 1.807) is 0 Å². The first kappa shape index (κ1) is 12.0. The number of nitrogens with two attached hydrogens (primary N) is 1. The van der Waals surface area contributed by atoms with Crippen LogP contribution in [0.25, 0.3) is 0 Å². The van der Waals surface area contributed by atoms with E-state index >= 15 is 0 Å². The van der Waals surface area contributed by atoms with Crippen molar-refractivity contribution in [3.05, 3.63) is 12.0 Å². The maximum Gasteiger partial charge on any atom is 0.222 e. The summed E-state index contributed by atoms with van der Waals surface area (Å²) in [5.41, 5.74) is 4.95. The summed E-state index contributed by atoms with van der Waals surface area (Å²) < 4.78 is 13.5. The molecule has 1 aliphatic carbocycles. The first-order valence-electron chi connectivity index (χ1n) is 5.82. The summed E-state index contributed by atoms with van der Waals surface area (Å²) in [5.74, 6) is -0.441. The second-order valence-electron chi connectivity index (χ2n) is 4.55. The van der Waals surface area contributed by atoms with Gasteiger partial charge in [0.25, 0.3) is 0 Å². The lowest BCUT2D eigenvalue weighted by Crippen LogP contribution is -2.44. The van der Waals surface area contributed by atoms with Crippen LogP contribution in [0.1, 0.15) is 32.1 Å². The van der Waals surface area contributed by atoms with Crippen molar-refractivity contribution in [3.8, 4) is 0 Å². The van der Waals surface area contributed by atoms with Crippen molar-refractivity contribution in [1.82, 2.24) is 9.97 Å². The highest BCUT2D eigenvalue weighted by Crippen LogP contribution is 2.31. The molecule has 0 atom stereocenters. The van der Waals surface area contributed by atoms with E-state index in [2.05, 4.69) is 15.3 Å². The van der Waals surface area contributed by atoms with E-state index in [9.17, 15) is 9.50 Å². The second-order valence-corrected chi connectivity index (χ2v) is 4.55. The van der Waals surface area contributed by atoms with Crippen molar-refractivity contribution in [2.75, 3.05) is 17.7 Å². The van der Waals surface area contributed by atoms with Crippen LogP contribution in [0.3, 0.4) is 0 Å². The van der Waals surface area contributed by atoms with Gasteiger partial charge in [0.1, 0.15) is 0 Å². The zero-order valence-corrected chi connectivity index (χ0v) is 9.62. The quantitative estimate of drug-likeness (QED) is 0.741. The molecule has 0 saturated heterocycles. The molecule has 1 heterocycles. The van der Waals surface area contributed by atoms with Crippen molar-refractivity contribution >= 4 is 11.8 Å². The normalized spacial score (nSPS) is 18.9. The van der Waals surface area contributed by atoms with E-state index in [0.29, 0.717) is 0 Å². The predicted molar refractivity (Wildman–Crippen MR) is 62.9 cm³/mol. The van der Waals surface area contributed by atoms with Crippen molar-refractivity contribution in [1.29, 1.82) is 0 Å². The van der Waals surface area contributed by atoms with Crippen molar-refractivity contribution in [2.24, 2.45) is 0 Å². The number of hydrogen-bond donors (Lipinski definition) is 3. The van der Waals surface area contributed by atoms with Crippen molar-refractivity contribution in [2.45, 2.75) is 37.6 Å². The smallest absolute Gasteiger partial charge is 0.222 e. The third kappa shape index (κ3) is 2.63. The van der Waals surface area contributed by atoms with E-state index in [4.69, 9.17) is 5.73 Å². The van der Waals surface area contributed by atoms with E-state index in [0.717, 1.165) is 38.3 Å². The van der Waals surface area contributed by atoms with E-state index in [1.807, 2.05) is 0 Å². The predicted octanol–water partition coefficient (Wildman–Crippen LogP) is 1.30. The summed E-state index contributed by atoms with van der Waals surface area (Å²) in [5, 5.41) is 12.5. The Bertz CT molecular complexity index is 393. The van der Waals surface area contributed by atoms with E-state index in [1.165, 1.54) is 0 Å². The molecule has 0 radical (unpaired) electrons. The number of hydrogen-bond acceptors (Lipinski definition) is 5. The minimum Gasteiger partial charge on any atom is -0.394 e.